The monoisotopic (exact) mass is 427 g/mol. The maximum absolute atomic E-state index is 13.1. The molecule has 3 rings (SSSR count). The quantitative estimate of drug-likeness (QED) is 0.500. The first-order valence-electron chi connectivity index (χ1n) is 10.2. The predicted molar refractivity (Wildman–Crippen MR) is 116 cm³/mol. The number of hydrogen-bond donors (Lipinski definition) is 0. The highest BCUT2D eigenvalue weighted by atomic mass is 35.5. The summed E-state index contributed by atoms with van der Waals surface area (Å²) in [6.07, 6.45) is 1.81. The molecule has 1 amide bonds. The molecule has 0 aromatic heterocycles. The minimum atomic E-state index is -0.812. The number of hydrogen-bond acceptors (Lipinski definition) is 4. The van der Waals surface area contributed by atoms with Gasteiger partial charge >= 0.3 is 5.97 Å². The molecule has 0 spiro atoms. The summed E-state index contributed by atoms with van der Waals surface area (Å²) < 4.78 is 5.42. The lowest BCUT2D eigenvalue weighted by Crippen LogP contribution is -2.51. The standard InChI is InChI=1S/C24H26ClNO4/c1-3-30-23(29)24(15-18-6-4-7-21(25)14-18)12-5-13-26(16-24)22(28)20-10-8-19(9-11-20)17(2)27/h4,6-11,14H,3,5,12-13,15-16H2,1-2H3. The molecule has 0 aliphatic carbocycles. The van der Waals surface area contributed by atoms with Gasteiger partial charge in [0.1, 0.15) is 0 Å². The maximum Gasteiger partial charge on any atom is 0.314 e. The van der Waals surface area contributed by atoms with E-state index in [1.165, 1.54) is 6.92 Å². The van der Waals surface area contributed by atoms with Gasteiger partial charge in [-0.25, -0.2) is 0 Å². The lowest BCUT2D eigenvalue weighted by Gasteiger charge is -2.41. The van der Waals surface area contributed by atoms with Gasteiger partial charge in [0.25, 0.3) is 5.91 Å². The number of Topliss-reactive ketones (excluding diaryl/α,β-unsaturated/α-hetero) is 1. The van der Waals surface area contributed by atoms with E-state index in [9.17, 15) is 14.4 Å². The van der Waals surface area contributed by atoms with Crippen LogP contribution in [0.15, 0.2) is 48.5 Å². The first-order valence-corrected chi connectivity index (χ1v) is 10.5. The minimum absolute atomic E-state index is 0.0465. The molecule has 0 radical (unpaired) electrons. The number of piperidine rings is 1. The molecule has 0 saturated carbocycles. The van der Waals surface area contributed by atoms with E-state index < -0.39 is 5.41 Å². The highest BCUT2D eigenvalue weighted by molar-refractivity contribution is 6.30. The molecular weight excluding hydrogens is 402 g/mol. The molecule has 2 aromatic rings. The average molecular weight is 428 g/mol. The van der Waals surface area contributed by atoms with Gasteiger partial charge in [-0.2, -0.15) is 0 Å². The Morgan fingerprint density at radius 2 is 1.80 bits per heavy atom. The van der Waals surface area contributed by atoms with Gasteiger partial charge in [0.2, 0.25) is 0 Å². The van der Waals surface area contributed by atoms with E-state index >= 15 is 0 Å². The third-order valence-corrected chi connectivity index (χ3v) is 5.78. The van der Waals surface area contributed by atoms with E-state index in [0.717, 1.165) is 5.56 Å². The van der Waals surface area contributed by atoms with Crippen LogP contribution in [0.5, 0.6) is 0 Å². The molecule has 1 fully saturated rings. The molecule has 6 heteroatoms. The number of nitrogens with zero attached hydrogens (tertiary/aromatic N) is 1. The number of rotatable bonds is 6. The fourth-order valence-corrected chi connectivity index (χ4v) is 4.25. The molecule has 5 nitrogen and oxygen atoms in total. The number of halogens is 1. The number of ketones is 1. The zero-order valence-corrected chi connectivity index (χ0v) is 18.1. The van der Waals surface area contributed by atoms with Crippen molar-refractivity contribution in [3.05, 3.63) is 70.2 Å². The van der Waals surface area contributed by atoms with Gasteiger partial charge in [-0.3, -0.25) is 14.4 Å². The normalized spacial score (nSPS) is 18.7. The summed E-state index contributed by atoms with van der Waals surface area (Å²) in [5.74, 6) is -0.478. The zero-order valence-electron chi connectivity index (χ0n) is 17.3. The number of ether oxygens (including phenoxy) is 1. The van der Waals surface area contributed by atoms with Crippen molar-refractivity contribution in [2.75, 3.05) is 19.7 Å². The first-order chi connectivity index (χ1) is 14.3. The van der Waals surface area contributed by atoms with Crippen LogP contribution in [0.4, 0.5) is 0 Å². The van der Waals surface area contributed by atoms with Gasteiger partial charge < -0.3 is 9.64 Å². The molecule has 0 N–H and O–H groups in total. The van der Waals surface area contributed by atoms with Crippen LogP contribution in [0.1, 0.15) is 53.0 Å². The van der Waals surface area contributed by atoms with Crippen LogP contribution in [-0.4, -0.2) is 42.3 Å². The summed E-state index contributed by atoms with van der Waals surface area (Å²) in [5, 5.41) is 0.612. The lowest BCUT2D eigenvalue weighted by molar-refractivity contribution is -0.158. The van der Waals surface area contributed by atoms with Crippen molar-refractivity contribution < 1.29 is 19.1 Å². The van der Waals surface area contributed by atoms with Gasteiger partial charge in [0.05, 0.1) is 12.0 Å². The minimum Gasteiger partial charge on any atom is -0.466 e. The van der Waals surface area contributed by atoms with Gasteiger partial charge in [0, 0.05) is 29.2 Å². The van der Waals surface area contributed by atoms with Crippen LogP contribution in [0.3, 0.4) is 0 Å². The average Bonchev–Trinajstić information content (AvgIpc) is 2.73. The van der Waals surface area contributed by atoms with Crippen molar-refractivity contribution in [3.63, 3.8) is 0 Å². The van der Waals surface area contributed by atoms with E-state index in [1.54, 1.807) is 42.2 Å². The number of amides is 1. The van der Waals surface area contributed by atoms with Crippen LogP contribution in [0.25, 0.3) is 0 Å². The number of benzene rings is 2. The summed E-state index contributed by atoms with van der Waals surface area (Å²) in [4.78, 5) is 39.3. The van der Waals surface area contributed by atoms with Crippen molar-refractivity contribution in [3.8, 4) is 0 Å². The molecule has 1 atom stereocenters. The Kier molecular flexibility index (Phi) is 6.93. The summed E-state index contributed by atoms with van der Waals surface area (Å²) in [5.41, 5.74) is 1.19. The van der Waals surface area contributed by atoms with E-state index in [2.05, 4.69) is 0 Å². The van der Waals surface area contributed by atoms with E-state index in [-0.39, 0.29) is 30.8 Å². The molecule has 158 valence electrons. The second-order valence-electron chi connectivity index (χ2n) is 7.77. The topological polar surface area (TPSA) is 63.7 Å². The molecule has 1 heterocycles. The number of carbonyl (C=O) groups excluding carboxylic acids is 3. The Bertz CT molecular complexity index is 940. The summed E-state index contributed by atoms with van der Waals surface area (Å²) in [6, 6.07) is 14.1. The Morgan fingerprint density at radius 1 is 1.10 bits per heavy atom. The lowest BCUT2D eigenvalue weighted by atomic mass is 9.75. The molecule has 0 bridgehead atoms. The Hall–Kier alpha value is -2.66. The van der Waals surface area contributed by atoms with Gasteiger partial charge in [-0.15, -0.1) is 0 Å². The zero-order chi connectivity index (χ0) is 21.7. The fourth-order valence-electron chi connectivity index (χ4n) is 4.04. The number of carbonyl (C=O) groups is 3. The molecule has 1 aliphatic rings. The SMILES string of the molecule is CCOC(=O)C1(Cc2cccc(Cl)c2)CCCN(C(=O)c2ccc(C(C)=O)cc2)C1. The van der Waals surface area contributed by atoms with Crippen LogP contribution in [0.2, 0.25) is 5.02 Å². The third kappa shape index (κ3) is 4.90. The van der Waals surface area contributed by atoms with E-state index in [1.807, 2.05) is 18.2 Å². The van der Waals surface area contributed by atoms with Crippen LogP contribution in [0, 0.1) is 5.41 Å². The molecule has 1 unspecified atom stereocenters. The second kappa shape index (κ2) is 9.43. The Morgan fingerprint density at radius 3 is 2.43 bits per heavy atom. The fraction of sp³-hybridized carbons (Fsp3) is 0.375. The third-order valence-electron chi connectivity index (χ3n) is 5.54. The smallest absolute Gasteiger partial charge is 0.314 e. The predicted octanol–water partition coefficient (Wildman–Crippen LogP) is 4.57. The summed E-state index contributed by atoms with van der Waals surface area (Å²) in [7, 11) is 0. The molecular formula is C24H26ClNO4. The highest BCUT2D eigenvalue weighted by Crippen LogP contribution is 2.36. The molecule has 30 heavy (non-hydrogen) atoms. The molecule has 1 aliphatic heterocycles. The largest absolute Gasteiger partial charge is 0.466 e. The van der Waals surface area contributed by atoms with Crippen LogP contribution in [-0.2, 0) is 16.0 Å². The van der Waals surface area contributed by atoms with Crippen molar-refractivity contribution >= 4 is 29.3 Å². The highest BCUT2D eigenvalue weighted by Gasteiger charge is 2.45. The Balaban J connectivity index is 1.86. The van der Waals surface area contributed by atoms with E-state index in [4.69, 9.17) is 16.3 Å². The van der Waals surface area contributed by atoms with Gasteiger partial charge in [-0.05, 0) is 62.9 Å². The second-order valence-corrected chi connectivity index (χ2v) is 8.21. The van der Waals surface area contributed by atoms with Crippen molar-refractivity contribution in [1.29, 1.82) is 0 Å². The Labute approximate surface area is 182 Å². The van der Waals surface area contributed by atoms with E-state index in [0.29, 0.717) is 42.0 Å². The number of esters is 1. The summed E-state index contributed by atoms with van der Waals surface area (Å²) in [6.45, 7) is 4.42. The molecule has 2 aromatic carbocycles. The summed E-state index contributed by atoms with van der Waals surface area (Å²) >= 11 is 6.14. The van der Waals surface area contributed by atoms with Crippen molar-refractivity contribution in [1.82, 2.24) is 4.90 Å². The van der Waals surface area contributed by atoms with Gasteiger partial charge in [0.15, 0.2) is 5.78 Å². The van der Waals surface area contributed by atoms with Crippen LogP contribution >= 0.6 is 11.6 Å². The van der Waals surface area contributed by atoms with Crippen LogP contribution < -0.4 is 0 Å². The first kappa shape index (κ1) is 22.0. The maximum atomic E-state index is 13.1. The van der Waals surface area contributed by atoms with Gasteiger partial charge in [-0.1, -0.05) is 35.9 Å². The number of likely N-dealkylation sites (tertiary alicyclic amines) is 1. The molecule has 1 saturated heterocycles. The van der Waals surface area contributed by atoms with Crippen molar-refractivity contribution in [2.45, 2.75) is 33.1 Å². The van der Waals surface area contributed by atoms with Crippen molar-refractivity contribution in [2.24, 2.45) is 5.41 Å².